The number of carbonyl (C=O) groups is 1. The highest BCUT2D eigenvalue weighted by Crippen LogP contribution is 2.14. The smallest absolute Gasteiger partial charge is 0.258 e. The summed E-state index contributed by atoms with van der Waals surface area (Å²) in [6, 6.07) is 11.0. The van der Waals surface area contributed by atoms with Crippen molar-refractivity contribution in [3.63, 3.8) is 0 Å². The average Bonchev–Trinajstić information content (AvgIpc) is 2.90. The Hall–Kier alpha value is -2.89. The lowest BCUT2D eigenvalue weighted by atomic mass is 10.2. The van der Waals surface area contributed by atoms with E-state index in [0.717, 1.165) is 17.6 Å². The SMILES string of the molecule is CCNc1cc(C(=O)Nc2nc3ccccc3[nH]2)ccn1. The highest BCUT2D eigenvalue weighted by molar-refractivity contribution is 6.04. The van der Waals surface area contributed by atoms with Crippen molar-refractivity contribution in [3.05, 3.63) is 48.2 Å². The molecule has 1 aromatic carbocycles. The van der Waals surface area contributed by atoms with Crippen molar-refractivity contribution in [2.45, 2.75) is 6.92 Å². The number of aromatic amines is 1. The predicted molar refractivity (Wildman–Crippen MR) is 82.4 cm³/mol. The minimum absolute atomic E-state index is 0.226. The molecular formula is C15H15N5O. The van der Waals surface area contributed by atoms with Gasteiger partial charge in [-0.3, -0.25) is 10.1 Å². The molecule has 3 aromatic rings. The Morgan fingerprint density at radius 1 is 1.29 bits per heavy atom. The van der Waals surface area contributed by atoms with E-state index in [1.165, 1.54) is 0 Å². The summed E-state index contributed by atoms with van der Waals surface area (Å²) in [4.78, 5) is 23.7. The van der Waals surface area contributed by atoms with Crippen molar-refractivity contribution in [1.29, 1.82) is 0 Å². The number of carbonyl (C=O) groups excluding carboxylic acids is 1. The first-order valence-corrected chi connectivity index (χ1v) is 6.72. The maximum atomic E-state index is 12.2. The maximum Gasteiger partial charge on any atom is 0.258 e. The van der Waals surface area contributed by atoms with E-state index in [0.29, 0.717) is 17.3 Å². The number of H-pyrrole nitrogens is 1. The summed E-state index contributed by atoms with van der Waals surface area (Å²) in [7, 11) is 0. The van der Waals surface area contributed by atoms with Crippen LogP contribution in [0.4, 0.5) is 11.8 Å². The fourth-order valence-corrected chi connectivity index (χ4v) is 2.04. The van der Waals surface area contributed by atoms with Gasteiger partial charge in [0.25, 0.3) is 5.91 Å². The summed E-state index contributed by atoms with van der Waals surface area (Å²) in [5, 5.41) is 5.83. The molecule has 0 unspecified atom stereocenters. The third-order valence-corrected chi connectivity index (χ3v) is 3.00. The second-order valence-corrected chi connectivity index (χ2v) is 4.52. The number of hydrogen-bond acceptors (Lipinski definition) is 4. The maximum absolute atomic E-state index is 12.2. The molecule has 6 nitrogen and oxygen atoms in total. The molecule has 0 atom stereocenters. The van der Waals surface area contributed by atoms with Crippen LogP contribution < -0.4 is 10.6 Å². The van der Waals surface area contributed by atoms with Crippen molar-refractivity contribution in [1.82, 2.24) is 15.0 Å². The molecule has 1 amide bonds. The first-order chi connectivity index (χ1) is 10.3. The van der Waals surface area contributed by atoms with E-state index in [2.05, 4.69) is 25.6 Å². The minimum Gasteiger partial charge on any atom is -0.370 e. The molecule has 0 spiro atoms. The number of fused-ring (bicyclic) bond motifs is 1. The first-order valence-electron chi connectivity index (χ1n) is 6.72. The quantitative estimate of drug-likeness (QED) is 0.686. The van der Waals surface area contributed by atoms with E-state index in [1.807, 2.05) is 31.2 Å². The van der Waals surface area contributed by atoms with Gasteiger partial charge in [0.1, 0.15) is 5.82 Å². The summed E-state index contributed by atoms with van der Waals surface area (Å²) >= 11 is 0. The van der Waals surface area contributed by atoms with Gasteiger partial charge in [-0.05, 0) is 31.2 Å². The molecule has 3 N–H and O–H groups in total. The summed E-state index contributed by atoms with van der Waals surface area (Å²) in [6.07, 6.45) is 1.60. The number of anilines is 2. The number of rotatable bonds is 4. The molecule has 3 rings (SSSR count). The van der Waals surface area contributed by atoms with Crippen LogP contribution in [0.25, 0.3) is 11.0 Å². The normalized spacial score (nSPS) is 10.5. The number of nitrogens with zero attached hydrogens (tertiary/aromatic N) is 2. The summed E-state index contributed by atoms with van der Waals surface area (Å²) < 4.78 is 0. The van der Waals surface area contributed by atoms with Crippen LogP contribution in [0.3, 0.4) is 0 Å². The largest absolute Gasteiger partial charge is 0.370 e. The predicted octanol–water partition coefficient (Wildman–Crippen LogP) is 2.64. The molecule has 0 aliphatic heterocycles. The molecule has 0 aliphatic rings. The molecule has 0 bridgehead atoms. The lowest BCUT2D eigenvalue weighted by molar-refractivity contribution is 0.102. The Bertz CT molecular complexity index is 747. The number of para-hydroxylation sites is 2. The molecule has 2 aromatic heterocycles. The van der Waals surface area contributed by atoms with Gasteiger partial charge in [0.2, 0.25) is 5.95 Å². The fraction of sp³-hybridized carbons (Fsp3) is 0.133. The van der Waals surface area contributed by atoms with Gasteiger partial charge in [-0.1, -0.05) is 12.1 Å². The van der Waals surface area contributed by atoms with Gasteiger partial charge in [0, 0.05) is 18.3 Å². The molecule has 106 valence electrons. The Morgan fingerprint density at radius 3 is 2.95 bits per heavy atom. The Balaban J connectivity index is 1.80. The first kappa shape index (κ1) is 13.1. The third-order valence-electron chi connectivity index (χ3n) is 3.00. The number of nitrogens with one attached hydrogen (secondary N) is 3. The number of benzene rings is 1. The lowest BCUT2D eigenvalue weighted by Gasteiger charge is -2.05. The molecule has 0 saturated heterocycles. The third kappa shape index (κ3) is 2.84. The highest BCUT2D eigenvalue weighted by atomic mass is 16.1. The zero-order valence-electron chi connectivity index (χ0n) is 11.6. The average molecular weight is 281 g/mol. The number of aromatic nitrogens is 3. The number of imidazole rings is 1. The van der Waals surface area contributed by atoms with Crippen molar-refractivity contribution in [3.8, 4) is 0 Å². The van der Waals surface area contributed by atoms with Gasteiger partial charge in [0.05, 0.1) is 11.0 Å². The minimum atomic E-state index is -0.226. The number of hydrogen-bond donors (Lipinski definition) is 3. The van der Waals surface area contributed by atoms with Crippen LogP contribution >= 0.6 is 0 Å². The molecule has 0 saturated carbocycles. The van der Waals surface area contributed by atoms with E-state index in [4.69, 9.17) is 0 Å². The van der Waals surface area contributed by atoms with E-state index in [9.17, 15) is 4.79 Å². The summed E-state index contributed by atoms with van der Waals surface area (Å²) in [5.74, 6) is 0.883. The van der Waals surface area contributed by atoms with Crippen LogP contribution in [-0.2, 0) is 0 Å². The molecule has 2 heterocycles. The Morgan fingerprint density at radius 2 is 2.14 bits per heavy atom. The van der Waals surface area contributed by atoms with Crippen LogP contribution in [0.2, 0.25) is 0 Å². The molecular weight excluding hydrogens is 266 g/mol. The van der Waals surface area contributed by atoms with Crippen LogP contribution in [-0.4, -0.2) is 27.4 Å². The van der Waals surface area contributed by atoms with E-state index < -0.39 is 0 Å². The zero-order chi connectivity index (χ0) is 14.7. The van der Waals surface area contributed by atoms with Crippen LogP contribution in [0.5, 0.6) is 0 Å². The van der Waals surface area contributed by atoms with Gasteiger partial charge in [-0.25, -0.2) is 9.97 Å². The van der Waals surface area contributed by atoms with E-state index in [-0.39, 0.29) is 5.91 Å². The Kier molecular flexibility index (Phi) is 3.51. The van der Waals surface area contributed by atoms with Gasteiger partial charge >= 0.3 is 0 Å². The van der Waals surface area contributed by atoms with Crippen molar-refractivity contribution in [2.75, 3.05) is 17.2 Å². The summed E-state index contributed by atoms with van der Waals surface area (Å²) in [6.45, 7) is 2.73. The topological polar surface area (TPSA) is 82.7 Å². The van der Waals surface area contributed by atoms with Gasteiger partial charge in [-0.15, -0.1) is 0 Å². The van der Waals surface area contributed by atoms with Gasteiger partial charge in [0.15, 0.2) is 0 Å². The number of pyridine rings is 1. The standard InChI is InChI=1S/C15H15N5O/c1-2-16-13-9-10(7-8-17-13)14(21)20-15-18-11-5-3-4-6-12(11)19-15/h3-9H,2H2,1H3,(H,16,17)(H2,18,19,20,21). The Labute approximate surface area is 121 Å². The molecule has 21 heavy (non-hydrogen) atoms. The monoisotopic (exact) mass is 281 g/mol. The lowest BCUT2D eigenvalue weighted by Crippen LogP contribution is -2.13. The summed E-state index contributed by atoms with van der Waals surface area (Å²) in [5.41, 5.74) is 2.23. The van der Waals surface area contributed by atoms with Crippen LogP contribution in [0, 0.1) is 0 Å². The van der Waals surface area contributed by atoms with Crippen molar-refractivity contribution < 1.29 is 4.79 Å². The fourth-order valence-electron chi connectivity index (χ4n) is 2.04. The van der Waals surface area contributed by atoms with Crippen LogP contribution in [0.15, 0.2) is 42.6 Å². The van der Waals surface area contributed by atoms with E-state index in [1.54, 1.807) is 18.3 Å². The van der Waals surface area contributed by atoms with E-state index >= 15 is 0 Å². The highest BCUT2D eigenvalue weighted by Gasteiger charge is 2.10. The number of amides is 1. The second kappa shape index (κ2) is 5.62. The van der Waals surface area contributed by atoms with Gasteiger partial charge < -0.3 is 10.3 Å². The van der Waals surface area contributed by atoms with Crippen LogP contribution in [0.1, 0.15) is 17.3 Å². The van der Waals surface area contributed by atoms with Crippen molar-refractivity contribution in [2.24, 2.45) is 0 Å². The van der Waals surface area contributed by atoms with Gasteiger partial charge in [-0.2, -0.15) is 0 Å². The molecule has 0 fully saturated rings. The zero-order valence-corrected chi connectivity index (χ0v) is 11.6. The molecule has 6 heteroatoms. The van der Waals surface area contributed by atoms with Crippen molar-refractivity contribution >= 4 is 28.7 Å². The molecule has 0 radical (unpaired) electrons. The second-order valence-electron chi connectivity index (χ2n) is 4.52. The molecule has 0 aliphatic carbocycles.